The number of hydrogen-bond donors (Lipinski definition) is 1. The fraction of sp³-hybridized carbons (Fsp3) is 0.308. The van der Waals surface area contributed by atoms with Crippen LogP contribution in [0.3, 0.4) is 0 Å². The number of pyridine rings is 1. The van der Waals surface area contributed by atoms with Gasteiger partial charge in [0.1, 0.15) is 0 Å². The van der Waals surface area contributed by atoms with Crippen molar-refractivity contribution in [3.63, 3.8) is 0 Å². The monoisotopic (exact) mass is 228 g/mol. The highest BCUT2D eigenvalue weighted by molar-refractivity contribution is 5.57. The highest BCUT2D eigenvalue weighted by Crippen LogP contribution is 2.17. The van der Waals surface area contributed by atoms with E-state index in [4.69, 9.17) is 0 Å². The number of nitrogens with one attached hydrogen (secondary N) is 1. The molecule has 4 nitrogen and oxygen atoms in total. The zero-order valence-electron chi connectivity index (χ0n) is 10.1. The summed E-state index contributed by atoms with van der Waals surface area (Å²) in [4.78, 5) is 12.9. The molecule has 0 aliphatic rings. The first-order valence-corrected chi connectivity index (χ1v) is 5.75. The summed E-state index contributed by atoms with van der Waals surface area (Å²) in [5.41, 5.74) is 3.13. The first-order chi connectivity index (χ1) is 8.31. The second-order valence-electron chi connectivity index (χ2n) is 3.84. The lowest BCUT2D eigenvalue weighted by molar-refractivity contribution is 0.709. The van der Waals surface area contributed by atoms with E-state index in [-0.39, 0.29) is 0 Å². The second-order valence-corrected chi connectivity index (χ2v) is 3.84. The smallest absolute Gasteiger partial charge is 0.161 e. The van der Waals surface area contributed by atoms with Crippen molar-refractivity contribution < 1.29 is 0 Å². The molecule has 0 saturated heterocycles. The first kappa shape index (κ1) is 11.7. The molecular formula is C13H16N4. The van der Waals surface area contributed by atoms with Gasteiger partial charge in [-0.05, 0) is 31.2 Å². The third kappa shape index (κ3) is 2.85. The summed E-state index contributed by atoms with van der Waals surface area (Å²) < 4.78 is 0. The van der Waals surface area contributed by atoms with Crippen molar-refractivity contribution >= 4 is 0 Å². The normalized spacial score (nSPS) is 10.5. The highest BCUT2D eigenvalue weighted by Gasteiger charge is 2.05. The molecule has 2 aromatic rings. The molecule has 0 spiro atoms. The number of aryl methyl sites for hydroxylation is 1. The minimum absolute atomic E-state index is 0.742. The Bertz CT molecular complexity index is 496. The van der Waals surface area contributed by atoms with Crippen LogP contribution in [0.4, 0.5) is 0 Å². The Hall–Kier alpha value is -1.81. The molecule has 0 bridgehead atoms. The Kier molecular flexibility index (Phi) is 3.77. The minimum Gasteiger partial charge on any atom is -0.311 e. The molecule has 0 radical (unpaired) electrons. The van der Waals surface area contributed by atoms with Crippen LogP contribution in [0.5, 0.6) is 0 Å². The van der Waals surface area contributed by atoms with Crippen LogP contribution in [-0.2, 0) is 6.54 Å². The molecule has 0 aliphatic carbocycles. The first-order valence-electron chi connectivity index (χ1n) is 5.75. The van der Waals surface area contributed by atoms with Crippen molar-refractivity contribution in [3.05, 3.63) is 42.0 Å². The van der Waals surface area contributed by atoms with Crippen molar-refractivity contribution in [1.29, 1.82) is 0 Å². The van der Waals surface area contributed by atoms with Gasteiger partial charge in [0.2, 0.25) is 0 Å². The summed E-state index contributed by atoms with van der Waals surface area (Å²) in [5.74, 6) is 0.742. The maximum atomic E-state index is 4.53. The summed E-state index contributed by atoms with van der Waals surface area (Å²) in [6.07, 6.45) is 5.38. The van der Waals surface area contributed by atoms with E-state index >= 15 is 0 Å². The summed E-state index contributed by atoms with van der Waals surface area (Å²) in [5, 5.41) is 3.25. The Balaban J connectivity index is 2.30. The maximum Gasteiger partial charge on any atom is 0.161 e. The van der Waals surface area contributed by atoms with E-state index in [1.165, 1.54) is 0 Å². The lowest BCUT2D eigenvalue weighted by Gasteiger charge is -2.06. The fourth-order valence-electron chi connectivity index (χ4n) is 1.58. The maximum absolute atomic E-state index is 4.53. The average Bonchev–Trinajstić information content (AvgIpc) is 2.37. The Morgan fingerprint density at radius 3 is 2.88 bits per heavy atom. The molecule has 2 rings (SSSR count). The topological polar surface area (TPSA) is 50.7 Å². The van der Waals surface area contributed by atoms with E-state index in [9.17, 15) is 0 Å². The van der Waals surface area contributed by atoms with Crippen LogP contribution in [0.2, 0.25) is 0 Å². The van der Waals surface area contributed by atoms with E-state index in [1.54, 1.807) is 12.4 Å². The summed E-state index contributed by atoms with van der Waals surface area (Å²) in [7, 11) is 0. The third-order valence-corrected chi connectivity index (χ3v) is 2.55. The zero-order valence-corrected chi connectivity index (χ0v) is 10.1. The largest absolute Gasteiger partial charge is 0.311 e. The van der Waals surface area contributed by atoms with Crippen LogP contribution >= 0.6 is 0 Å². The van der Waals surface area contributed by atoms with E-state index < -0.39 is 0 Å². The van der Waals surface area contributed by atoms with Crippen molar-refractivity contribution in [2.24, 2.45) is 0 Å². The van der Waals surface area contributed by atoms with Gasteiger partial charge in [0.25, 0.3) is 0 Å². The van der Waals surface area contributed by atoms with Gasteiger partial charge in [-0.3, -0.25) is 4.98 Å². The predicted octanol–water partition coefficient (Wildman–Crippen LogP) is 1.96. The summed E-state index contributed by atoms with van der Waals surface area (Å²) in [6.45, 7) is 5.82. The number of rotatable bonds is 4. The molecule has 0 aromatic carbocycles. The van der Waals surface area contributed by atoms with Crippen LogP contribution in [0, 0.1) is 6.92 Å². The van der Waals surface area contributed by atoms with Gasteiger partial charge in [0, 0.05) is 30.7 Å². The fourth-order valence-corrected chi connectivity index (χ4v) is 1.58. The molecular weight excluding hydrogens is 212 g/mol. The summed E-state index contributed by atoms with van der Waals surface area (Å²) in [6, 6.07) is 3.90. The quantitative estimate of drug-likeness (QED) is 0.869. The molecule has 0 aliphatic heterocycles. The molecule has 1 N–H and O–H groups in total. The van der Waals surface area contributed by atoms with Gasteiger partial charge in [-0.25, -0.2) is 9.97 Å². The van der Waals surface area contributed by atoms with Gasteiger partial charge >= 0.3 is 0 Å². The van der Waals surface area contributed by atoms with Crippen LogP contribution < -0.4 is 5.32 Å². The molecule has 4 heteroatoms. The predicted molar refractivity (Wildman–Crippen MR) is 67.4 cm³/mol. The molecule has 0 amide bonds. The highest BCUT2D eigenvalue weighted by atomic mass is 14.9. The molecule has 2 aromatic heterocycles. The van der Waals surface area contributed by atoms with Crippen molar-refractivity contribution in [2.45, 2.75) is 20.4 Å². The van der Waals surface area contributed by atoms with E-state index in [0.29, 0.717) is 0 Å². The Labute approximate surface area is 101 Å². The molecule has 17 heavy (non-hydrogen) atoms. The lowest BCUT2D eigenvalue weighted by Crippen LogP contribution is -2.13. The van der Waals surface area contributed by atoms with E-state index in [1.807, 2.05) is 25.3 Å². The summed E-state index contributed by atoms with van der Waals surface area (Å²) >= 11 is 0. The third-order valence-electron chi connectivity index (χ3n) is 2.55. The van der Waals surface area contributed by atoms with Gasteiger partial charge in [0.15, 0.2) is 5.82 Å². The minimum atomic E-state index is 0.742. The molecule has 0 unspecified atom stereocenters. The Morgan fingerprint density at radius 1 is 1.24 bits per heavy atom. The SMILES string of the molecule is CCNCc1ccnc(-c2cnccc2C)n1. The van der Waals surface area contributed by atoms with E-state index in [0.717, 1.165) is 35.7 Å². The van der Waals surface area contributed by atoms with Gasteiger partial charge in [-0.15, -0.1) is 0 Å². The molecule has 88 valence electrons. The van der Waals surface area contributed by atoms with Crippen molar-refractivity contribution in [2.75, 3.05) is 6.54 Å². The molecule has 0 fully saturated rings. The number of nitrogens with zero attached hydrogens (tertiary/aromatic N) is 3. The zero-order chi connectivity index (χ0) is 12.1. The molecule has 2 heterocycles. The Morgan fingerprint density at radius 2 is 2.12 bits per heavy atom. The van der Waals surface area contributed by atoms with Crippen LogP contribution in [0.1, 0.15) is 18.2 Å². The van der Waals surface area contributed by atoms with Crippen molar-refractivity contribution in [1.82, 2.24) is 20.3 Å². The van der Waals surface area contributed by atoms with Crippen LogP contribution in [0.15, 0.2) is 30.7 Å². The van der Waals surface area contributed by atoms with Gasteiger partial charge in [0.05, 0.1) is 5.69 Å². The number of hydrogen-bond acceptors (Lipinski definition) is 4. The van der Waals surface area contributed by atoms with Crippen molar-refractivity contribution in [3.8, 4) is 11.4 Å². The van der Waals surface area contributed by atoms with Gasteiger partial charge in [-0.2, -0.15) is 0 Å². The molecule has 0 saturated carbocycles. The standard InChI is InChI=1S/C13H16N4/c1-3-14-8-11-5-7-16-13(17-11)12-9-15-6-4-10(12)2/h4-7,9,14H,3,8H2,1-2H3. The van der Waals surface area contributed by atoms with E-state index in [2.05, 4.69) is 27.2 Å². The van der Waals surface area contributed by atoms with Gasteiger partial charge in [-0.1, -0.05) is 6.92 Å². The second kappa shape index (κ2) is 5.50. The number of aromatic nitrogens is 3. The average molecular weight is 228 g/mol. The van der Waals surface area contributed by atoms with Crippen LogP contribution in [0.25, 0.3) is 11.4 Å². The van der Waals surface area contributed by atoms with Crippen LogP contribution in [-0.4, -0.2) is 21.5 Å². The van der Waals surface area contributed by atoms with Gasteiger partial charge < -0.3 is 5.32 Å². The lowest BCUT2D eigenvalue weighted by atomic mass is 10.1. The molecule has 0 atom stereocenters.